The Kier molecular flexibility index (Phi) is 2.52. The number of aldehydes is 1. The Morgan fingerprint density at radius 2 is 1.94 bits per heavy atom. The van der Waals surface area contributed by atoms with Crippen molar-refractivity contribution in [2.24, 2.45) is 0 Å². The highest BCUT2D eigenvalue weighted by Crippen LogP contribution is 2.30. The maximum absolute atomic E-state index is 10.7. The number of phenols is 1. The fraction of sp³-hybridized carbons (Fsp3) is 0.154. The minimum absolute atomic E-state index is 0.0535. The molecule has 0 heterocycles. The van der Waals surface area contributed by atoms with Crippen LogP contribution < -0.4 is 4.90 Å². The van der Waals surface area contributed by atoms with Gasteiger partial charge in [-0.25, -0.2) is 0 Å². The number of aromatic hydroxyl groups is 1. The standard InChI is InChI=1S/C13H13NO2/c1-14(2)11-5-6-12-9(7-11)3-4-10(8-15)13(12)16/h3-8,16H,1-2H3. The summed E-state index contributed by atoms with van der Waals surface area (Å²) in [4.78, 5) is 12.7. The third-order valence-corrected chi connectivity index (χ3v) is 2.65. The van der Waals surface area contributed by atoms with Gasteiger partial charge in [-0.1, -0.05) is 6.07 Å². The van der Waals surface area contributed by atoms with Crippen molar-refractivity contribution in [2.75, 3.05) is 19.0 Å². The van der Waals surface area contributed by atoms with Crippen molar-refractivity contribution in [3.05, 3.63) is 35.9 Å². The highest BCUT2D eigenvalue weighted by atomic mass is 16.3. The molecule has 0 saturated heterocycles. The number of hydrogen-bond acceptors (Lipinski definition) is 3. The Morgan fingerprint density at radius 3 is 2.56 bits per heavy atom. The minimum Gasteiger partial charge on any atom is -0.507 e. The monoisotopic (exact) mass is 215 g/mol. The lowest BCUT2D eigenvalue weighted by molar-refractivity contribution is 0.112. The molecule has 0 aliphatic carbocycles. The molecule has 82 valence electrons. The van der Waals surface area contributed by atoms with Crippen molar-refractivity contribution >= 4 is 22.7 Å². The summed E-state index contributed by atoms with van der Waals surface area (Å²) in [5.41, 5.74) is 1.39. The van der Waals surface area contributed by atoms with Gasteiger partial charge < -0.3 is 10.0 Å². The fourth-order valence-corrected chi connectivity index (χ4v) is 1.69. The largest absolute Gasteiger partial charge is 0.507 e. The molecular formula is C13H13NO2. The van der Waals surface area contributed by atoms with E-state index in [1.807, 2.05) is 43.3 Å². The Bertz CT molecular complexity index is 547. The van der Waals surface area contributed by atoms with Crippen molar-refractivity contribution in [1.29, 1.82) is 0 Å². The number of fused-ring (bicyclic) bond motifs is 1. The van der Waals surface area contributed by atoms with Crippen LogP contribution in [-0.2, 0) is 0 Å². The molecule has 0 aliphatic heterocycles. The molecule has 2 aromatic carbocycles. The summed E-state index contributed by atoms with van der Waals surface area (Å²) in [5.74, 6) is 0.0535. The van der Waals surface area contributed by atoms with Crippen LogP contribution in [0.5, 0.6) is 5.75 Å². The van der Waals surface area contributed by atoms with Crippen LogP contribution in [0.4, 0.5) is 5.69 Å². The normalized spacial score (nSPS) is 10.4. The maximum Gasteiger partial charge on any atom is 0.153 e. The third-order valence-electron chi connectivity index (χ3n) is 2.65. The van der Waals surface area contributed by atoms with Gasteiger partial charge in [0.05, 0.1) is 5.56 Å². The second kappa shape index (κ2) is 3.85. The zero-order chi connectivity index (χ0) is 11.7. The molecule has 0 radical (unpaired) electrons. The highest BCUT2D eigenvalue weighted by Gasteiger charge is 2.06. The van der Waals surface area contributed by atoms with Crippen molar-refractivity contribution in [3.8, 4) is 5.75 Å². The average molecular weight is 215 g/mol. The molecule has 1 N–H and O–H groups in total. The van der Waals surface area contributed by atoms with Crippen molar-refractivity contribution in [2.45, 2.75) is 0 Å². The number of nitrogens with zero attached hydrogens (tertiary/aromatic N) is 1. The molecule has 2 aromatic rings. The predicted octanol–water partition coefficient (Wildman–Crippen LogP) is 2.42. The third kappa shape index (κ3) is 1.60. The number of benzene rings is 2. The topological polar surface area (TPSA) is 40.5 Å². The Labute approximate surface area is 93.9 Å². The van der Waals surface area contributed by atoms with Gasteiger partial charge in [0.2, 0.25) is 0 Å². The van der Waals surface area contributed by atoms with E-state index in [4.69, 9.17) is 0 Å². The quantitative estimate of drug-likeness (QED) is 0.782. The molecule has 0 spiro atoms. The van der Waals surface area contributed by atoms with E-state index >= 15 is 0 Å². The number of carbonyl (C=O) groups is 1. The molecule has 2 rings (SSSR count). The van der Waals surface area contributed by atoms with Gasteiger partial charge in [-0.3, -0.25) is 4.79 Å². The summed E-state index contributed by atoms with van der Waals surface area (Å²) in [6.07, 6.45) is 0.661. The van der Waals surface area contributed by atoms with Gasteiger partial charge in [-0.15, -0.1) is 0 Å². The Morgan fingerprint density at radius 1 is 1.19 bits per heavy atom. The Balaban J connectivity index is 2.69. The van der Waals surface area contributed by atoms with Gasteiger partial charge in [-0.05, 0) is 29.7 Å². The van der Waals surface area contributed by atoms with Gasteiger partial charge in [0.1, 0.15) is 5.75 Å². The molecule has 3 nitrogen and oxygen atoms in total. The summed E-state index contributed by atoms with van der Waals surface area (Å²) < 4.78 is 0. The van der Waals surface area contributed by atoms with E-state index in [9.17, 15) is 9.90 Å². The second-order valence-electron chi connectivity index (χ2n) is 3.92. The first-order chi connectivity index (χ1) is 7.63. The molecule has 3 heteroatoms. The van der Waals surface area contributed by atoms with E-state index in [2.05, 4.69) is 0 Å². The molecular weight excluding hydrogens is 202 g/mol. The second-order valence-corrected chi connectivity index (χ2v) is 3.92. The lowest BCUT2D eigenvalue weighted by atomic mass is 10.1. The molecule has 0 aromatic heterocycles. The number of carbonyl (C=O) groups excluding carboxylic acids is 1. The van der Waals surface area contributed by atoms with E-state index in [1.165, 1.54) is 0 Å². The zero-order valence-corrected chi connectivity index (χ0v) is 9.27. The van der Waals surface area contributed by atoms with Crippen LogP contribution in [0.3, 0.4) is 0 Å². The first kappa shape index (κ1) is 10.5. The minimum atomic E-state index is 0.0535. The van der Waals surface area contributed by atoms with Crippen LogP contribution >= 0.6 is 0 Å². The van der Waals surface area contributed by atoms with Crippen LogP contribution in [0.2, 0.25) is 0 Å². The van der Waals surface area contributed by atoms with Crippen molar-refractivity contribution in [1.82, 2.24) is 0 Å². The number of rotatable bonds is 2. The number of phenolic OH excluding ortho intramolecular Hbond substituents is 1. The molecule has 0 saturated carbocycles. The summed E-state index contributed by atoms with van der Waals surface area (Å²) in [7, 11) is 3.92. The summed E-state index contributed by atoms with van der Waals surface area (Å²) in [6, 6.07) is 9.18. The van der Waals surface area contributed by atoms with E-state index in [-0.39, 0.29) is 5.75 Å². The number of anilines is 1. The summed E-state index contributed by atoms with van der Waals surface area (Å²) >= 11 is 0. The number of hydrogen-bond donors (Lipinski definition) is 1. The highest BCUT2D eigenvalue weighted by molar-refractivity contribution is 5.97. The van der Waals surface area contributed by atoms with Gasteiger partial charge in [-0.2, -0.15) is 0 Å². The van der Waals surface area contributed by atoms with Crippen LogP contribution in [0.25, 0.3) is 10.8 Å². The molecule has 0 unspecified atom stereocenters. The molecule has 16 heavy (non-hydrogen) atoms. The molecule has 0 amide bonds. The molecule has 0 bridgehead atoms. The first-order valence-electron chi connectivity index (χ1n) is 5.01. The van der Waals surface area contributed by atoms with Crippen LogP contribution in [-0.4, -0.2) is 25.5 Å². The molecule has 0 aliphatic rings. The van der Waals surface area contributed by atoms with E-state index in [1.54, 1.807) is 6.07 Å². The van der Waals surface area contributed by atoms with Gasteiger partial charge in [0.15, 0.2) is 6.29 Å². The SMILES string of the molecule is CN(C)c1ccc2c(O)c(C=O)ccc2c1. The summed E-state index contributed by atoms with van der Waals surface area (Å²) in [5, 5.41) is 11.5. The average Bonchev–Trinajstić information content (AvgIpc) is 2.29. The van der Waals surface area contributed by atoms with Crippen molar-refractivity contribution in [3.63, 3.8) is 0 Å². The van der Waals surface area contributed by atoms with Crippen molar-refractivity contribution < 1.29 is 9.90 Å². The predicted molar refractivity (Wildman–Crippen MR) is 65.3 cm³/mol. The van der Waals surface area contributed by atoms with Gasteiger partial charge in [0.25, 0.3) is 0 Å². The maximum atomic E-state index is 10.7. The zero-order valence-electron chi connectivity index (χ0n) is 9.27. The van der Waals surface area contributed by atoms with Gasteiger partial charge in [0, 0.05) is 25.2 Å². The van der Waals surface area contributed by atoms with Crippen LogP contribution in [0, 0.1) is 0 Å². The van der Waals surface area contributed by atoms with Crippen LogP contribution in [0.15, 0.2) is 30.3 Å². The lowest BCUT2D eigenvalue weighted by Crippen LogP contribution is -2.08. The van der Waals surface area contributed by atoms with E-state index < -0.39 is 0 Å². The van der Waals surface area contributed by atoms with Gasteiger partial charge >= 0.3 is 0 Å². The molecule has 0 fully saturated rings. The first-order valence-corrected chi connectivity index (χ1v) is 5.01. The van der Waals surface area contributed by atoms with E-state index in [0.717, 1.165) is 11.1 Å². The fourth-order valence-electron chi connectivity index (χ4n) is 1.69. The summed E-state index contributed by atoms with van der Waals surface area (Å²) in [6.45, 7) is 0. The smallest absolute Gasteiger partial charge is 0.153 e. The van der Waals surface area contributed by atoms with Crippen LogP contribution in [0.1, 0.15) is 10.4 Å². The lowest BCUT2D eigenvalue weighted by Gasteiger charge is -2.13. The Hall–Kier alpha value is -2.03. The molecule has 0 atom stereocenters. The van der Waals surface area contributed by atoms with E-state index in [0.29, 0.717) is 17.2 Å².